The molecule has 6 nitrogen and oxygen atoms in total. The fourth-order valence-electron chi connectivity index (χ4n) is 2.32. The summed E-state index contributed by atoms with van der Waals surface area (Å²) in [5, 5.41) is 0. The highest BCUT2D eigenvalue weighted by Crippen LogP contribution is 2.20. The summed E-state index contributed by atoms with van der Waals surface area (Å²) < 4.78 is 32.4. The first-order chi connectivity index (χ1) is 9.03. The van der Waals surface area contributed by atoms with Crippen LogP contribution in [0.5, 0.6) is 0 Å². The van der Waals surface area contributed by atoms with E-state index in [2.05, 4.69) is 9.71 Å². The molecule has 1 aliphatic heterocycles. The van der Waals surface area contributed by atoms with Crippen molar-refractivity contribution in [2.45, 2.75) is 37.2 Å². The van der Waals surface area contributed by atoms with Gasteiger partial charge in [0.2, 0.25) is 10.0 Å². The number of nitrogens with one attached hydrogen (secondary N) is 2. The Morgan fingerprint density at radius 3 is 2.79 bits per heavy atom. The minimum absolute atomic E-state index is 0.0925. The molecular formula is C12H21N3O3S. The van der Waals surface area contributed by atoms with Gasteiger partial charge in [0.1, 0.15) is 0 Å². The number of nitrogens with two attached hydrogens (primary N) is 1. The maximum absolute atomic E-state index is 12.2. The van der Waals surface area contributed by atoms with Gasteiger partial charge in [-0.15, -0.1) is 0 Å². The van der Waals surface area contributed by atoms with Gasteiger partial charge >= 0.3 is 0 Å². The predicted molar refractivity (Wildman–Crippen MR) is 72.0 cm³/mol. The number of H-pyrrole nitrogens is 1. The van der Waals surface area contributed by atoms with E-state index < -0.39 is 10.0 Å². The lowest BCUT2D eigenvalue weighted by atomic mass is 9.94. The first-order valence-corrected chi connectivity index (χ1v) is 7.98. The van der Waals surface area contributed by atoms with Crippen molar-refractivity contribution in [3.63, 3.8) is 0 Å². The summed E-state index contributed by atoms with van der Waals surface area (Å²) in [6.45, 7) is 3.62. The van der Waals surface area contributed by atoms with Crippen LogP contribution in [-0.4, -0.2) is 32.7 Å². The first-order valence-electron chi connectivity index (χ1n) is 6.50. The van der Waals surface area contributed by atoms with Gasteiger partial charge in [0.15, 0.2) is 0 Å². The molecule has 1 atom stereocenters. The molecule has 0 spiro atoms. The Labute approximate surface area is 113 Å². The van der Waals surface area contributed by atoms with Crippen LogP contribution in [0.1, 0.15) is 25.5 Å². The second-order valence-corrected chi connectivity index (χ2v) is 6.64. The summed E-state index contributed by atoms with van der Waals surface area (Å²) in [4.78, 5) is 3.09. The van der Waals surface area contributed by atoms with Crippen molar-refractivity contribution < 1.29 is 13.2 Å². The Kier molecular flexibility index (Phi) is 4.62. The van der Waals surface area contributed by atoms with Crippen LogP contribution < -0.4 is 10.5 Å². The fourth-order valence-corrected chi connectivity index (χ4v) is 3.65. The van der Waals surface area contributed by atoms with E-state index in [9.17, 15) is 8.42 Å². The van der Waals surface area contributed by atoms with Gasteiger partial charge in [0, 0.05) is 37.7 Å². The standard InChI is InChI=1S/C12H21N3O3S/c1-9(10-2-4-18-5-3-10)15-19(16,17)12-6-11(7-13)14-8-12/h6,8-10,14-15H,2-5,7,13H2,1H3. The largest absolute Gasteiger partial charge is 0.381 e. The number of hydrogen-bond donors (Lipinski definition) is 3. The fraction of sp³-hybridized carbons (Fsp3) is 0.667. The SMILES string of the molecule is CC(NS(=O)(=O)c1c[nH]c(CN)c1)C1CCOCC1. The second-order valence-electron chi connectivity index (χ2n) is 4.92. The Bertz CT molecular complexity index is 506. The monoisotopic (exact) mass is 287 g/mol. The van der Waals surface area contributed by atoms with E-state index in [4.69, 9.17) is 10.5 Å². The maximum atomic E-state index is 12.2. The molecule has 0 bridgehead atoms. The van der Waals surface area contributed by atoms with Crippen LogP contribution in [0.25, 0.3) is 0 Å². The van der Waals surface area contributed by atoms with Gasteiger partial charge in [0.25, 0.3) is 0 Å². The molecule has 1 aromatic heterocycles. The van der Waals surface area contributed by atoms with Gasteiger partial charge < -0.3 is 15.5 Å². The van der Waals surface area contributed by atoms with Gasteiger partial charge in [-0.3, -0.25) is 0 Å². The van der Waals surface area contributed by atoms with E-state index in [0.29, 0.717) is 31.4 Å². The molecule has 4 N–H and O–H groups in total. The predicted octanol–water partition coefficient (Wildman–Crippen LogP) is 0.567. The summed E-state index contributed by atoms with van der Waals surface area (Å²) in [5.41, 5.74) is 6.17. The average molecular weight is 287 g/mol. The number of rotatable bonds is 5. The highest BCUT2D eigenvalue weighted by atomic mass is 32.2. The molecule has 0 radical (unpaired) electrons. The van der Waals surface area contributed by atoms with E-state index >= 15 is 0 Å². The number of ether oxygens (including phenoxy) is 1. The molecule has 2 heterocycles. The third kappa shape index (κ3) is 3.56. The molecule has 1 saturated heterocycles. The van der Waals surface area contributed by atoms with Crippen LogP contribution in [0, 0.1) is 5.92 Å². The number of aromatic nitrogens is 1. The number of hydrogen-bond acceptors (Lipinski definition) is 4. The van der Waals surface area contributed by atoms with E-state index in [1.54, 1.807) is 6.07 Å². The molecule has 7 heteroatoms. The summed E-state index contributed by atoms with van der Waals surface area (Å²) in [6, 6.07) is 1.48. The molecule has 1 unspecified atom stereocenters. The lowest BCUT2D eigenvalue weighted by Crippen LogP contribution is -2.40. The highest BCUT2D eigenvalue weighted by Gasteiger charge is 2.25. The van der Waals surface area contributed by atoms with Crippen LogP contribution >= 0.6 is 0 Å². The molecule has 0 aliphatic carbocycles. The smallest absolute Gasteiger partial charge is 0.242 e. The quantitative estimate of drug-likeness (QED) is 0.737. The molecule has 0 amide bonds. The molecule has 1 fully saturated rings. The van der Waals surface area contributed by atoms with Gasteiger partial charge in [-0.05, 0) is 31.7 Å². The topological polar surface area (TPSA) is 97.2 Å². The van der Waals surface area contributed by atoms with Crippen molar-refractivity contribution in [3.8, 4) is 0 Å². The maximum Gasteiger partial charge on any atom is 0.242 e. The van der Waals surface area contributed by atoms with Crippen LogP contribution in [0.15, 0.2) is 17.2 Å². The minimum atomic E-state index is -3.48. The van der Waals surface area contributed by atoms with Gasteiger partial charge in [0.05, 0.1) is 4.90 Å². The minimum Gasteiger partial charge on any atom is -0.381 e. The van der Waals surface area contributed by atoms with E-state index in [1.165, 1.54) is 6.20 Å². The molecule has 1 aromatic rings. The van der Waals surface area contributed by atoms with Gasteiger partial charge in [-0.2, -0.15) is 0 Å². The summed E-state index contributed by atoms with van der Waals surface area (Å²) in [6.07, 6.45) is 3.26. The van der Waals surface area contributed by atoms with Crippen molar-refractivity contribution in [2.75, 3.05) is 13.2 Å². The van der Waals surface area contributed by atoms with Crippen LogP contribution in [0.4, 0.5) is 0 Å². The van der Waals surface area contributed by atoms with Gasteiger partial charge in [-0.25, -0.2) is 13.1 Å². The van der Waals surface area contributed by atoms with Crippen LogP contribution in [0.2, 0.25) is 0 Å². The molecule has 0 aromatic carbocycles. The molecule has 0 saturated carbocycles. The Balaban J connectivity index is 2.03. The van der Waals surface area contributed by atoms with Crippen molar-refractivity contribution in [3.05, 3.63) is 18.0 Å². The molecule has 108 valence electrons. The van der Waals surface area contributed by atoms with Crippen molar-refractivity contribution in [1.82, 2.24) is 9.71 Å². The van der Waals surface area contributed by atoms with Crippen LogP contribution in [-0.2, 0) is 21.3 Å². The Morgan fingerprint density at radius 1 is 1.53 bits per heavy atom. The summed E-state index contributed by atoms with van der Waals surface area (Å²) >= 11 is 0. The number of aromatic amines is 1. The van der Waals surface area contributed by atoms with Crippen molar-refractivity contribution >= 4 is 10.0 Å². The van der Waals surface area contributed by atoms with Crippen LogP contribution in [0.3, 0.4) is 0 Å². The lowest BCUT2D eigenvalue weighted by molar-refractivity contribution is 0.0585. The summed E-state index contributed by atoms with van der Waals surface area (Å²) in [5.74, 6) is 0.330. The molecule has 19 heavy (non-hydrogen) atoms. The average Bonchev–Trinajstić information content (AvgIpc) is 2.89. The molecule has 2 rings (SSSR count). The van der Waals surface area contributed by atoms with E-state index in [-0.39, 0.29) is 10.9 Å². The lowest BCUT2D eigenvalue weighted by Gasteiger charge is -2.28. The van der Waals surface area contributed by atoms with E-state index in [1.807, 2.05) is 6.92 Å². The highest BCUT2D eigenvalue weighted by molar-refractivity contribution is 7.89. The first kappa shape index (κ1) is 14.5. The second kappa shape index (κ2) is 6.04. The zero-order chi connectivity index (χ0) is 13.9. The van der Waals surface area contributed by atoms with Crippen molar-refractivity contribution in [1.29, 1.82) is 0 Å². The zero-order valence-electron chi connectivity index (χ0n) is 11.1. The molecule has 1 aliphatic rings. The summed E-state index contributed by atoms with van der Waals surface area (Å²) in [7, 11) is -3.48. The van der Waals surface area contributed by atoms with Gasteiger partial charge in [-0.1, -0.05) is 0 Å². The third-order valence-corrected chi connectivity index (χ3v) is 5.10. The molecular weight excluding hydrogens is 266 g/mol. The van der Waals surface area contributed by atoms with Crippen molar-refractivity contribution in [2.24, 2.45) is 11.7 Å². The Hall–Kier alpha value is -0.890. The zero-order valence-corrected chi connectivity index (χ0v) is 11.9. The van der Waals surface area contributed by atoms with E-state index in [0.717, 1.165) is 12.8 Å². The number of sulfonamides is 1. The Morgan fingerprint density at radius 2 is 2.21 bits per heavy atom. The normalized spacial score (nSPS) is 19.5. The third-order valence-electron chi connectivity index (χ3n) is 3.56.